The van der Waals surface area contributed by atoms with Crippen LogP contribution in [0.4, 0.5) is 10.5 Å². The second-order valence-electron chi connectivity index (χ2n) is 4.48. The lowest BCUT2D eigenvalue weighted by Crippen LogP contribution is -2.30. The summed E-state index contributed by atoms with van der Waals surface area (Å²) in [5.74, 6) is 1.02. The van der Waals surface area contributed by atoms with Gasteiger partial charge in [-0.15, -0.1) is 21.5 Å². The number of benzene rings is 1. The molecule has 6 nitrogen and oxygen atoms in total. The molecule has 0 radical (unpaired) electrons. The molecule has 112 valence electrons. The molecule has 3 aromatic rings. The fourth-order valence-corrected chi connectivity index (χ4v) is 2.48. The summed E-state index contributed by atoms with van der Waals surface area (Å²) in [7, 11) is 0. The van der Waals surface area contributed by atoms with E-state index in [1.54, 1.807) is 11.3 Å². The molecule has 0 spiro atoms. The third-order valence-corrected chi connectivity index (χ3v) is 3.71. The van der Waals surface area contributed by atoms with Crippen molar-refractivity contribution in [2.75, 3.05) is 11.9 Å². The Morgan fingerprint density at radius 1 is 1.14 bits per heavy atom. The molecule has 7 heteroatoms. The maximum absolute atomic E-state index is 11.7. The van der Waals surface area contributed by atoms with Crippen molar-refractivity contribution in [2.45, 2.75) is 6.42 Å². The number of para-hydroxylation sites is 1. The van der Waals surface area contributed by atoms with E-state index in [1.807, 2.05) is 47.8 Å². The molecule has 0 fully saturated rings. The minimum absolute atomic E-state index is 0.260. The van der Waals surface area contributed by atoms with E-state index >= 15 is 0 Å². The molecular formula is C15H14N4O2S. The molecule has 0 aliphatic carbocycles. The van der Waals surface area contributed by atoms with Crippen LogP contribution in [0.15, 0.2) is 52.3 Å². The van der Waals surface area contributed by atoms with Crippen molar-refractivity contribution in [3.05, 3.63) is 53.7 Å². The lowest BCUT2D eigenvalue weighted by atomic mass is 10.3. The molecule has 2 N–H and O–H groups in total. The van der Waals surface area contributed by atoms with E-state index in [2.05, 4.69) is 20.8 Å². The summed E-state index contributed by atoms with van der Waals surface area (Å²) in [5, 5.41) is 15.4. The monoisotopic (exact) mass is 314 g/mol. The fraction of sp³-hybridized carbons (Fsp3) is 0.133. The lowest BCUT2D eigenvalue weighted by Gasteiger charge is -2.05. The van der Waals surface area contributed by atoms with E-state index in [4.69, 9.17) is 4.42 Å². The summed E-state index contributed by atoms with van der Waals surface area (Å²) >= 11 is 1.54. The Morgan fingerprint density at radius 3 is 2.77 bits per heavy atom. The number of urea groups is 1. The molecule has 0 saturated heterocycles. The third kappa shape index (κ3) is 3.70. The number of aromatic nitrogens is 2. The van der Waals surface area contributed by atoms with E-state index < -0.39 is 0 Å². The van der Waals surface area contributed by atoms with Crippen molar-refractivity contribution in [1.29, 1.82) is 0 Å². The number of amides is 2. The van der Waals surface area contributed by atoms with Gasteiger partial charge in [0.1, 0.15) is 0 Å². The molecule has 0 unspecified atom stereocenters. The highest BCUT2D eigenvalue weighted by Gasteiger charge is 2.09. The zero-order valence-corrected chi connectivity index (χ0v) is 12.5. The van der Waals surface area contributed by atoms with Gasteiger partial charge in [-0.25, -0.2) is 4.79 Å². The minimum Gasteiger partial charge on any atom is -0.420 e. The van der Waals surface area contributed by atoms with Gasteiger partial charge in [-0.1, -0.05) is 24.3 Å². The predicted octanol–water partition coefficient (Wildman–Crippen LogP) is 3.16. The first-order valence-electron chi connectivity index (χ1n) is 6.77. The van der Waals surface area contributed by atoms with Crippen molar-refractivity contribution in [3.63, 3.8) is 0 Å². The number of carbonyl (C=O) groups is 1. The van der Waals surface area contributed by atoms with Gasteiger partial charge in [0.15, 0.2) is 0 Å². The van der Waals surface area contributed by atoms with Crippen LogP contribution >= 0.6 is 11.3 Å². The van der Waals surface area contributed by atoms with Crippen molar-refractivity contribution in [2.24, 2.45) is 0 Å². The number of nitrogens with one attached hydrogen (secondary N) is 2. The van der Waals surface area contributed by atoms with Gasteiger partial charge in [0.2, 0.25) is 5.89 Å². The van der Waals surface area contributed by atoms with Crippen molar-refractivity contribution in [3.8, 4) is 10.8 Å². The third-order valence-electron chi connectivity index (χ3n) is 2.85. The standard InChI is InChI=1S/C15H14N4O2S/c20-15(17-11-5-2-1-3-6-11)16-9-8-13-18-19-14(21-13)12-7-4-10-22-12/h1-7,10H,8-9H2,(H2,16,17,20). The number of anilines is 1. The summed E-state index contributed by atoms with van der Waals surface area (Å²) in [5.41, 5.74) is 0.748. The summed E-state index contributed by atoms with van der Waals surface area (Å²) in [6.45, 7) is 0.421. The Hall–Kier alpha value is -2.67. The summed E-state index contributed by atoms with van der Waals surface area (Å²) < 4.78 is 5.54. The van der Waals surface area contributed by atoms with Gasteiger partial charge in [-0.2, -0.15) is 0 Å². The lowest BCUT2D eigenvalue weighted by molar-refractivity contribution is 0.252. The molecule has 22 heavy (non-hydrogen) atoms. The summed E-state index contributed by atoms with van der Waals surface area (Å²) in [4.78, 5) is 12.6. The number of rotatable bonds is 5. The molecule has 0 saturated carbocycles. The summed E-state index contributed by atoms with van der Waals surface area (Å²) in [6, 6.07) is 12.9. The normalized spacial score (nSPS) is 10.4. The number of carbonyl (C=O) groups excluding carboxylic acids is 1. The molecule has 1 aromatic carbocycles. The maximum Gasteiger partial charge on any atom is 0.319 e. The molecular weight excluding hydrogens is 300 g/mol. The zero-order chi connectivity index (χ0) is 15.2. The van der Waals surface area contributed by atoms with Crippen molar-refractivity contribution >= 4 is 23.1 Å². The Morgan fingerprint density at radius 2 is 2.00 bits per heavy atom. The number of hydrogen-bond acceptors (Lipinski definition) is 5. The van der Waals surface area contributed by atoms with Gasteiger partial charge in [-0.3, -0.25) is 0 Å². The van der Waals surface area contributed by atoms with Crippen LogP contribution in [0.3, 0.4) is 0 Å². The highest BCUT2D eigenvalue weighted by atomic mass is 32.1. The molecule has 2 amide bonds. The molecule has 2 aromatic heterocycles. The Bertz CT molecular complexity index is 725. The summed E-state index contributed by atoms with van der Waals surface area (Å²) in [6.07, 6.45) is 0.487. The fourth-order valence-electron chi connectivity index (χ4n) is 1.83. The van der Waals surface area contributed by atoms with Crippen LogP contribution in [-0.4, -0.2) is 22.8 Å². The van der Waals surface area contributed by atoms with Crippen molar-refractivity contribution in [1.82, 2.24) is 15.5 Å². The first-order chi connectivity index (χ1) is 10.8. The smallest absolute Gasteiger partial charge is 0.319 e. The quantitative estimate of drug-likeness (QED) is 0.758. The Kier molecular flexibility index (Phi) is 4.45. The molecule has 0 bridgehead atoms. The first-order valence-corrected chi connectivity index (χ1v) is 7.65. The molecule has 0 aliphatic rings. The average molecular weight is 314 g/mol. The van der Waals surface area contributed by atoms with Crippen LogP contribution in [-0.2, 0) is 6.42 Å². The van der Waals surface area contributed by atoms with Crippen LogP contribution in [0.1, 0.15) is 5.89 Å². The molecule has 0 atom stereocenters. The Balaban J connectivity index is 1.46. The van der Waals surface area contributed by atoms with Crippen LogP contribution in [0.2, 0.25) is 0 Å². The molecule has 2 heterocycles. The van der Waals surface area contributed by atoms with Gasteiger partial charge >= 0.3 is 6.03 Å². The average Bonchev–Trinajstić information content (AvgIpc) is 3.19. The van der Waals surface area contributed by atoms with E-state index in [9.17, 15) is 4.79 Å². The van der Waals surface area contributed by atoms with Crippen LogP contribution in [0, 0.1) is 0 Å². The second kappa shape index (κ2) is 6.86. The minimum atomic E-state index is -0.260. The van der Waals surface area contributed by atoms with E-state index in [0.29, 0.717) is 24.7 Å². The van der Waals surface area contributed by atoms with Crippen LogP contribution in [0.25, 0.3) is 10.8 Å². The van der Waals surface area contributed by atoms with Crippen LogP contribution in [0.5, 0.6) is 0 Å². The SMILES string of the molecule is O=C(NCCc1nnc(-c2cccs2)o1)Nc1ccccc1. The predicted molar refractivity (Wildman–Crippen MR) is 84.8 cm³/mol. The van der Waals surface area contributed by atoms with Gasteiger partial charge in [0, 0.05) is 18.7 Å². The van der Waals surface area contributed by atoms with Gasteiger partial charge < -0.3 is 15.1 Å². The van der Waals surface area contributed by atoms with Crippen molar-refractivity contribution < 1.29 is 9.21 Å². The van der Waals surface area contributed by atoms with Gasteiger partial charge in [-0.05, 0) is 23.6 Å². The number of hydrogen-bond donors (Lipinski definition) is 2. The zero-order valence-electron chi connectivity index (χ0n) is 11.7. The van der Waals surface area contributed by atoms with Gasteiger partial charge in [0.25, 0.3) is 5.89 Å². The van der Waals surface area contributed by atoms with Crippen LogP contribution < -0.4 is 10.6 Å². The van der Waals surface area contributed by atoms with Gasteiger partial charge in [0.05, 0.1) is 4.88 Å². The number of nitrogens with zero attached hydrogens (tertiary/aromatic N) is 2. The molecule has 0 aliphatic heterocycles. The Labute approximate surface area is 131 Å². The molecule has 3 rings (SSSR count). The highest BCUT2D eigenvalue weighted by molar-refractivity contribution is 7.13. The number of thiophene rings is 1. The van der Waals surface area contributed by atoms with E-state index in [0.717, 1.165) is 10.6 Å². The second-order valence-corrected chi connectivity index (χ2v) is 5.42. The largest absolute Gasteiger partial charge is 0.420 e. The maximum atomic E-state index is 11.7. The van der Waals surface area contributed by atoms with E-state index in [-0.39, 0.29) is 6.03 Å². The first kappa shape index (κ1) is 14.3. The topological polar surface area (TPSA) is 80.1 Å². The van der Waals surface area contributed by atoms with E-state index in [1.165, 1.54) is 0 Å². The highest BCUT2D eigenvalue weighted by Crippen LogP contribution is 2.22.